The highest BCUT2D eigenvalue weighted by atomic mass is 16.6. The first-order chi connectivity index (χ1) is 8.67. The van der Waals surface area contributed by atoms with Gasteiger partial charge >= 0.3 is 11.9 Å². The van der Waals surface area contributed by atoms with Gasteiger partial charge in [0.2, 0.25) is 0 Å². The first-order valence-electron chi connectivity index (χ1n) is 7.02. The van der Waals surface area contributed by atoms with Gasteiger partial charge in [0.1, 0.15) is 0 Å². The van der Waals surface area contributed by atoms with Gasteiger partial charge in [-0.3, -0.25) is 9.59 Å². The van der Waals surface area contributed by atoms with Crippen molar-refractivity contribution >= 4 is 11.9 Å². The van der Waals surface area contributed by atoms with E-state index in [0.717, 1.165) is 12.8 Å². The topological polar surface area (TPSA) is 52.6 Å². The van der Waals surface area contributed by atoms with Crippen molar-refractivity contribution in [2.75, 3.05) is 13.2 Å². The molecule has 0 radical (unpaired) electrons. The molecule has 4 nitrogen and oxygen atoms in total. The van der Waals surface area contributed by atoms with Crippen LogP contribution in [0.5, 0.6) is 0 Å². The fourth-order valence-corrected chi connectivity index (χ4v) is 1.34. The molecule has 0 aromatic carbocycles. The summed E-state index contributed by atoms with van der Waals surface area (Å²) in [6, 6.07) is 0. The standard InChI is InChI=1S/C15H28O4/c1-11(2)8-7-9-18-13(16)15(5,6)14(17)19-10-12(3)4/h11-12H,7-10H2,1-6H3. The molecule has 0 bridgehead atoms. The summed E-state index contributed by atoms with van der Waals surface area (Å²) in [6.07, 6.45) is 1.83. The molecule has 4 heteroatoms. The molecular weight excluding hydrogens is 244 g/mol. The van der Waals surface area contributed by atoms with Gasteiger partial charge in [-0.1, -0.05) is 27.7 Å². The van der Waals surface area contributed by atoms with Gasteiger partial charge in [-0.15, -0.1) is 0 Å². The van der Waals surface area contributed by atoms with Crippen LogP contribution in [-0.2, 0) is 19.1 Å². The van der Waals surface area contributed by atoms with Gasteiger partial charge in [-0.2, -0.15) is 0 Å². The second-order valence-electron chi connectivity index (χ2n) is 6.29. The van der Waals surface area contributed by atoms with Crippen LogP contribution in [0.3, 0.4) is 0 Å². The van der Waals surface area contributed by atoms with Crippen LogP contribution in [0.4, 0.5) is 0 Å². The Balaban J connectivity index is 4.15. The maximum absolute atomic E-state index is 11.9. The quantitative estimate of drug-likeness (QED) is 0.387. The third-order valence-corrected chi connectivity index (χ3v) is 2.73. The summed E-state index contributed by atoms with van der Waals surface area (Å²) >= 11 is 0. The van der Waals surface area contributed by atoms with E-state index in [1.807, 2.05) is 13.8 Å². The molecule has 0 amide bonds. The molecule has 0 aromatic heterocycles. The first kappa shape index (κ1) is 17.9. The van der Waals surface area contributed by atoms with E-state index in [-0.39, 0.29) is 5.92 Å². The maximum Gasteiger partial charge on any atom is 0.322 e. The number of rotatable bonds is 8. The van der Waals surface area contributed by atoms with E-state index in [9.17, 15) is 9.59 Å². The molecule has 0 N–H and O–H groups in total. The lowest BCUT2D eigenvalue weighted by molar-refractivity contribution is -0.170. The van der Waals surface area contributed by atoms with Crippen molar-refractivity contribution in [3.8, 4) is 0 Å². The summed E-state index contributed by atoms with van der Waals surface area (Å²) in [6.45, 7) is 11.9. The number of carbonyl (C=O) groups excluding carboxylic acids is 2. The summed E-state index contributed by atoms with van der Waals surface area (Å²) in [5, 5.41) is 0. The van der Waals surface area contributed by atoms with Crippen LogP contribution in [0, 0.1) is 17.3 Å². The fourth-order valence-electron chi connectivity index (χ4n) is 1.34. The monoisotopic (exact) mass is 272 g/mol. The highest BCUT2D eigenvalue weighted by Gasteiger charge is 2.39. The summed E-state index contributed by atoms with van der Waals surface area (Å²) < 4.78 is 10.2. The molecule has 0 unspecified atom stereocenters. The van der Waals surface area contributed by atoms with Crippen LogP contribution in [0.15, 0.2) is 0 Å². The molecule has 19 heavy (non-hydrogen) atoms. The lowest BCUT2D eigenvalue weighted by Gasteiger charge is -2.21. The summed E-state index contributed by atoms with van der Waals surface area (Å²) in [7, 11) is 0. The molecule has 0 saturated heterocycles. The van der Waals surface area contributed by atoms with Gasteiger partial charge in [-0.05, 0) is 38.5 Å². The molecule has 0 heterocycles. The number of ether oxygens (including phenoxy) is 2. The van der Waals surface area contributed by atoms with Crippen LogP contribution >= 0.6 is 0 Å². The zero-order valence-electron chi connectivity index (χ0n) is 13.1. The lowest BCUT2D eigenvalue weighted by Crippen LogP contribution is -2.37. The van der Waals surface area contributed by atoms with Crippen molar-refractivity contribution in [3.63, 3.8) is 0 Å². The van der Waals surface area contributed by atoms with Gasteiger partial charge < -0.3 is 9.47 Å². The van der Waals surface area contributed by atoms with Crippen molar-refractivity contribution in [1.29, 1.82) is 0 Å². The number of esters is 2. The summed E-state index contributed by atoms with van der Waals surface area (Å²) in [4.78, 5) is 23.7. The van der Waals surface area contributed by atoms with Gasteiger partial charge in [0.15, 0.2) is 5.41 Å². The van der Waals surface area contributed by atoms with Crippen molar-refractivity contribution < 1.29 is 19.1 Å². The van der Waals surface area contributed by atoms with Crippen LogP contribution in [0.1, 0.15) is 54.4 Å². The highest BCUT2D eigenvalue weighted by Crippen LogP contribution is 2.20. The second kappa shape index (κ2) is 8.18. The predicted octanol–water partition coefficient (Wildman–Crippen LogP) is 3.19. The number of hydrogen-bond donors (Lipinski definition) is 0. The Labute approximate surface area is 116 Å². The molecule has 112 valence electrons. The third-order valence-electron chi connectivity index (χ3n) is 2.73. The maximum atomic E-state index is 11.9. The Kier molecular flexibility index (Phi) is 7.72. The average molecular weight is 272 g/mol. The van der Waals surface area contributed by atoms with E-state index in [4.69, 9.17) is 9.47 Å². The molecule has 0 saturated carbocycles. The van der Waals surface area contributed by atoms with E-state index >= 15 is 0 Å². The first-order valence-corrected chi connectivity index (χ1v) is 7.02. The summed E-state index contributed by atoms with van der Waals surface area (Å²) in [5.41, 5.74) is -1.23. The van der Waals surface area contributed by atoms with Crippen LogP contribution in [-0.4, -0.2) is 25.2 Å². The molecule has 0 spiro atoms. The minimum absolute atomic E-state index is 0.252. The van der Waals surface area contributed by atoms with E-state index in [2.05, 4.69) is 13.8 Å². The van der Waals surface area contributed by atoms with Gasteiger partial charge in [-0.25, -0.2) is 0 Å². The fraction of sp³-hybridized carbons (Fsp3) is 0.867. The van der Waals surface area contributed by atoms with Crippen molar-refractivity contribution in [2.24, 2.45) is 17.3 Å². The van der Waals surface area contributed by atoms with Crippen molar-refractivity contribution in [2.45, 2.75) is 54.4 Å². The Morgan fingerprint density at radius 3 is 1.95 bits per heavy atom. The highest BCUT2D eigenvalue weighted by molar-refractivity contribution is 5.99. The predicted molar refractivity (Wildman–Crippen MR) is 74.6 cm³/mol. The molecule has 0 aliphatic carbocycles. The van der Waals surface area contributed by atoms with E-state index in [0.29, 0.717) is 19.1 Å². The molecule has 0 aromatic rings. The molecule has 0 aliphatic heterocycles. The molecule has 0 atom stereocenters. The van der Waals surface area contributed by atoms with Crippen LogP contribution in [0.25, 0.3) is 0 Å². The van der Waals surface area contributed by atoms with Crippen LogP contribution < -0.4 is 0 Å². The molecule has 0 rings (SSSR count). The minimum atomic E-state index is -1.23. The Morgan fingerprint density at radius 1 is 0.947 bits per heavy atom. The Hall–Kier alpha value is -1.06. The third kappa shape index (κ3) is 7.19. The smallest absolute Gasteiger partial charge is 0.322 e. The Morgan fingerprint density at radius 2 is 1.47 bits per heavy atom. The number of hydrogen-bond acceptors (Lipinski definition) is 4. The summed E-state index contributed by atoms with van der Waals surface area (Å²) in [5.74, 6) is -0.190. The molecular formula is C15H28O4. The van der Waals surface area contributed by atoms with Gasteiger partial charge in [0, 0.05) is 0 Å². The zero-order valence-corrected chi connectivity index (χ0v) is 13.1. The molecule has 0 fully saturated rings. The average Bonchev–Trinajstić information content (AvgIpc) is 2.30. The lowest BCUT2D eigenvalue weighted by atomic mass is 9.94. The second-order valence-corrected chi connectivity index (χ2v) is 6.29. The minimum Gasteiger partial charge on any atom is -0.465 e. The van der Waals surface area contributed by atoms with Gasteiger partial charge in [0.05, 0.1) is 13.2 Å². The normalized spacial score (nSPS) is 11.8. The Bertz CT molecular complexity index is 293. The van der Waals surface area contributed by atoms with Gasteiger partial charge in [0.25, 0.3) is 0 Å². The van der Waals surface area contributed by atoms with Crippen LogP contribution in [0.2, 0.25) is 0 Å². The van der Waals surface area contributed by atoms with Crippen molar-refractivity contribution in [1.82, 2.24) is 0 Å². The van der Waals surface area contributed by atoms with Crippen molar-refractivity contribution in [3.05, 3.63) is 0 Å². The zero-order chi connectivity index (χ0) is 15.1. The van der Waals surface area contributed by atoms with E-state index in [1.54, 1.807) is 13.8 Å². The largest absolute Gasteiger partial charge is 0.465 e. The number of carbonyl (C=O) groups is 2. The SMILES string of the molecule is CC(C)CCCOC(=O)C(C)(C)C(=O)OCC(C)C. The van der Waals surface area contributed by atoms with E-state index < -0.39 is 17.4 Å². The molecule has 0 aliphatic rings. The van der Waals surface area contributed by atoms with E-state index in [1.165, 1.54) is 0 Å².